The molecular weight excluding hydrogens is 638 g/mol. The van der Waals surface area contributed by atoms with Gasteiger partial charge in [0.15, 0.2) is 0 Å². The second kappa shape index (κ2) is 29.6. The molecule has 0 fully saturated rings. The third-order valence-corrected chi connectivity index (χ3v) is 9.73. The number of carbonyl (C=O) groups excluding carboxylic acids is 3. The van der Waals surface area contributed by atoms with Gasteiger partial charge in [-0.25, -0.2) is 0 Å². The van der Waals surface area contributed by atoms with Crippen LogP contribution in [0.5, 0.6) is 0 Å². The maximum atomic E-state index is 13.8. The van der Waals surface area contributed by atoms with Crippen molar-refractivity contribution in [3.05, 3.63) is 36.0 Å². The molecule has 10 heteroatoms. The molecule has 51 heavy (non-hydrogen) atoms. The van der Waals surface area contributed by atoms with E-state index in [0.717, 1.165) is 68.1 Å². The number of hydrogen-bond donors (Lipinski definition) is 7. The van der Waals surface area contributed by atoms with Crippen molar-refractivity contribution in [3.63, 3.8) is 0 Å². The fourth-order valence-corrected chi connectivity index (χ4v) is 6.58. The molecular formula is C41H73N7O3. The highest BCUT2D eigenvalue weighted by molar-refractivity contribution is 5.93. The van der Waals surface area contributed by atoms with Gasteiger partial charge >= 0.3 is 0 Å². The monoisotopic (exact) mass is 712 g/mol. The normalized spacial score (nSPS) is 12.5. The highest BCUT2D eigenvalue weighted by Crippen LogP contribution is 2.20. The van der Waals surface area contributed by atoms with Crippen LogP contribution in [0.1, 0.15) is 147 Å². The Morgan fingerprint density at radius 2 is 1.24 bits per heavy atom. The van der Waals surface area contributed by atoms with Crippen LogP contribution in [0.25, 0.3) is 10.9 Å². The van der Waals surface area contributed by atoms with Gasteiger partial charge in [0.05, 0.1) is 0 Å². The number of rotatable bonds is 33. The van der Waals surface area contributed by atoms with Gasteiger partial charge in [-0.1, -0.05) is 115 Å². The average molecular weight is 712 g/mol. The number of para-hydroxylation sites is 1. The summed E-state index contributed by atoms with van der Waals surface area (Å²) in [6.07, 6.45) is 25.4. The molecule has 0 aliphatic rings. The number of carbonyl (C=O) groups is 3. The first-order valence-corrected chi connectivity index (χ1v) is 20.5. The number of nitrogens with two attached hydrogens (primary N) is 2. The fraction of sp³-hybridized carbons (Fsp3) is 0.732. The molecule has 1 aromatic heterocycles. The van der Waals surface area contributed by atoms with E-state index < -0.39 is 12.1 Å². The molecule has 3 amide bonds. The Morgan fingerprint density at radius 3 is 1.88 bits per heavy atom. The smallest absolute Gasteiger partial charge is 0.243 e. The van der Waals surface area contributed by atoms with Crippen LogP contribution in [-0.2, 0) is 20.8 Å². The summed E-state index contributed by atoms with van der Waals surface area (Å²) in [5.41, 5.74) is 13.2. The maximum absolute atomic E-state index is 13.8. The highest BCUT2D eigenvalue weighted by atomic mass is 16.2. The largest absolute Gasteiger partial charge is 0.361 e. The lowest BCUT2D eigenvalue weighted by molar-refractivity contribution is -0.132. The van der Waals surface area contributed by atoms with Crippen molar-refractivity contribution in [2.45, 2.75) is 160 Å². The molecule has 10 nitrogen and oxygen atoms in total. The molecule has 0 unspecified atom stereocenters. The van der Waals surface area contributed by atoms with Crippen LogP contribution in [0, 0.1) is 0 Å². The van der Waals surface area contributed by atoms with Gasteiger partial charge in [0.25, 0.3) is 0 Å². The second-order valence-corrected chi connectivity index (χ2v) is 14.3. The molecule has 2 rings (SSSR count). The average Bonchev–Trinajstić information content (AvgIpc) is 3.54. The second-order valence-electron chi connectivity index (χ2n) is 14.3. The van der Waals surface area contributed by atoms with Crippen LogP contribution in [0.3, 0.4) is 0 Å². The number of aromatic nitrogens is 1. The summed E-state index contributed by atoms with van der Waals surface area (Å²) >= 11 is 0. The number of unbranched alkanes of at least 4 members (excludes halogenated alkanes) is 15. The molecule has 0 saturated carbocycles. The van der Waals surface area contributed by atoms with E-state index >= 15 is 0 Å². The third kappa shape index (κ3) is 20.6. The lowest BCUT2D eigenvalue weighted by atomic mass is 10.0. The van der Waals surface area contributed by atoms with Gasteiger partial charge < -0.3 is 37.7 Å². The molecule has 0 bridgehead atoms. The number of fused-ring (bicyclic) bond motifs is 1. The molecule has 2 atom stereocenters. The first kappa shape index (κ1) is 44.2. The fourth-order valence-electron chi connectivity index (χ4n) is 6.58. The van der Waals surface area contributed by atoms with Crippen molar-refractivity contribution in [3.8, 4) is 0 Å². The van der Waals surface area contributed by atoms with E-state index in [-0.39, 0.29) is 17.7 Å². The number of hydrogen-bond acceptors (Lipinski definition) is 6. The summed E-state index contributed by atoms with van der Waals surface area (Å²) in [4.78, 5) is 43.4. The van der Waals surface area contributed by atoms with E-state index in [1.54, 1.807) is 0 Å². The van der Waals surface area contributed by atoms with E-state index in [4.69, 9.17) is 11.5 Å². The minimum atomic E-state index is -0.805. The first-order valence-electron chi connectivity index (χ1n) is 20.5. The molecule has 0 radical (unpaired) electrons. The SMILES string of the molecule is CCCCCCCCCCCCCCCCCC(=O)N[C@@H](Cc1c[nH]c2ccccc12)C(=O)N[C@@H](CCCN)C(=O)NCCCCNCCCN. The van der Waals surface area contributed by atoms with E-state index in [9.17, 15) is 14.4 Å². The summed E-state index contributed by atoms with van der Waals surface area (Å²) < 4.78 is 0. The highest BCUT2D eigenvalue weighted by Gasteiger charge is 2.27. The molecule has 0 aliphatic carbocycles. The van der Waals surface area contributed by atoms with Crippen molar-refractivity contribution in [2.75, 3.05) is 32.7 Å². The van der Waals surface area contributed by atoms with Crippen LogP contribution in [0.2, 0.25) is 0 Å². The molecule has 0 saturated heterocycles. The van der Waals surface area contributed by atoms with Gasteiger partial charge in [0.1, 0.15) is 12.1 Å². The number of benzene rings is 1. The minimum Gasteiger partial charge on any atom is -0.361 e. The Labute approximate surface area is 309 Å². The van der Waals surface area contributed by atoms with Gasteiger partial charge in [0, 0.05) is 36.5 Å². The van der Waals surface area contributed by atoms with Gasteiger partial charge in [0.2, 0.25) is 17.7 Å². The lowest BCUT2D eigenvalue weighted by Gasteiger charge is -2.23. The van der Waals surface area contributed by atoms with E-state index in [0.29, 0.717) is 45.3 Å². The Balaban J connectivity index is 1.81. The molecule has 290 valence electrons. The van der Waals surface area contributed by atoms with Crippen molar-refractivity contribution in [2.24, 2.45) is 11.5 Å². The maximum Gasteiger partial charge on any atom is 0.243 e. The van der Waals surface area contributed by atoms with Gasteiger partial charge in [-0.15, -0.1) is 0 Å². The van der Waals surface area contributed by atoms with Gasteiger partial charge in [-0.05, 0) is 76.3 Å². The van der Waals surface area contributed by atoms with Gasteiger partial charge in [-0.3, -0.25) is 14.4 Å². The summed E-state index contributed by atoms with van der Waals surface area (Å²) in [7, 11) is 0. The van der Waals surface area contributed by atoms with Crippen LogP contribution < -0.4 is 32.7 Å². The Hall–Kier alpha value is -2.95. The number of amides is 3. The zero-order valence-corrected chi connectivity index (χ0v) is 32.0. The van der Waals surface area contributed by atoms with E-state index in [1.165, 1.54) is 77.0 Å². The standard InChI is InChI=1S/C41H73N7O3/c1-2-3-4-5-6-7-8-9-10-11-12-13-14-15-16-26-39(49)47-38(32-34-33-46-36-24-18-17-23-35(34)36)41(51)48-37(25-21-27-42)40(50)45-31-20-19-29-44-30-22-28-43/h17-18,23-24,33,37-38,44,46H,2-16,19-22,25-32,42-43H2,1H3,(H,45,50)(H,47,49)(H,48,51)/t37-,38-/m0/s1. The Morgan fingerprint density at radius 1 is 0.647 bits per heavy atom. The van der Waals surface area contributed by atoms with Crippen molar-refractivity contribution in [1.29, 1.82) is 0 Å². The third-order valence-electron chi connectivity index (χ3n) is 9.73. The zero-order valence-electron chi connectivity index (χ0n) is 32.0. The minimum absolute atomic E-state index is 0.132. The van der Waals surface area contributed by atoms with E-state index in [1.807, 2.05) is 30.5 Å². The van der Waals surface area contributed by atoms with E-state index in [2.05, 4.69) is 33.2 Å². The molecule has 1 aromatic carbocycles. The predicted octanol–water partition coefficient (Wildman–Crippen LogP) is 6.52. The van der Waals surface area contributed by atoms with Crippen LogP contribution >= 0.6 is 0 Å². The molecule has 2 aromatic rings. The number of aromatic amines is 1. The topological polar surface area (TPSA) is 167 Å². The molecule has 0 aliphatic heterocycles. The predicted molar refractivity (Wildman–Crippen MR) is 212 cm³/mol. The lowest BCUT2D eigenvalue weighted by Crippen LogP contribution is -2.54. The molecule has 0 spiro atoms. The summed E-state index contributed by atoms with van der Waals surface area (Å²) in [5, 5.41) is 13.3. The van der Waals surface area contributed by atoms with Crippen molar-refractivity contribution in [1.82, 2.24) is 26.3 Å². The molecule has 1 heterocycles. The van der Waals surface area contributed by atoms with Crippen LogP contribution in [-0.4, -0.2) is 67.5 Å². The Kier molecular flexibility index (Phi) is 25.7. The molecule has 9 N–H and O–H groups in total. The van der Waals surface area contributed by atoms with Crippen molar-refractivity contribution >= 4 is 28.6 Å². The van der Waals surface area contributed by atoms with Crippen LogP contribution in [0.4, 0.5) is 0 Å². The number of H-pyrrole nitrogens is 1. The Bertz CT molecular complexity index is 1190. The van der Waals surface area contributed by atoms with Crippen molar-refractivity contribution < 1.29 is 14.4 Å². The zero-order chi connectivity index (χ0) is 36.8. The number of nitrogens with one attached hydrogen (secondary N) is 5. The first-order chi connectivity index (χ1) is 25.0. The summed E-state index contributed by atoms with van der Waals surface area (Å²) in [6, 6.07) is 6.41. The summed E-state index contributed by atoms with van der Waals surface area (Å²) in [6.45, 7) is 5.65. The summed E-state index contributed by atoms with van der Waals surface area (Å²) in [5.74, 6) is -0.706. The van der Waals surface area contributed by atoms with Gasteiger partial charge in [-0.2, -0.15) is 0 Å². The van der Waals surface area contributed by atoms with Crippen LogP contribution in [0.15, 0.2) is 30.5 Å². The quantitative estimate of drug-likeness (QED) is 0.0417.